The number of ether oxygens (including phenoxy) is 1. The van der Waals surface area contributed by atoms with E-state index in [1.54, 1.807) is 19.0 Å². The number of hydrogen-bond acceptors (Lipinski definition) is 3. The Morgan fingerprint density at radius 1 is 0.913 bits per heavy atom. The molecule has 136 valence electrons. The molecule has 0 unspecified atom stereocenters. The summed E-state index contributed by atoms with van der Waals surface area (Å²) in [5.41, 5.74) is 0.205. The van der Waals surface area contributed by atoms with Crippen LogP contribution in [0.2, 0.25) is 0 Å². The Hall–Kier alpha value is -1.10. The number of rotatable bonds is 2. The van der Waals surface area contributed by atoms with E-state index >= 15 is 0 Å². The van der Waals surface area contributed by atoms with Gasteiger partial charge in [-0.15, -0.1) is 0 Å². The fraction of sp³-hybridized carbons (Fsp3) is 0.889. The van der Waals surface area contributed by atoms with Crippen molar-refractivity contribution in [3.8, 4) is 0 Å². The first-order valence-corrected chi connectivity index (χ1v) is 8.37. The maximum atomic E-state index is 11.7. The molecule has 1 saturated heterocycles. The number of carbonyl (C=O) groups is 2. The Labute approximate surface area is 142 Å². The molecular formula is C18H36N2O3. The smallest absolute Gasteiger partial charge is 0.223 e. The molecule has 5 heteroatoms. The Morgan fingerprint density at radius 2 is 1.35 bits per heavy atom. The summed E-state index contributed by atoms with van der Waals surface area (Å²) in [6, 6.07) is 0. The second-order valence-electron chi connectivity index (χ2n) is 8.76. The number of amides is 2. The zero-order valence-electron chi connectivity index (χ0n) is 16.4. The van der Waals surface area contributed by atoms with Gasteiger partial charge in [-0.2, -0.15) is 0 Å². The molecule has 0 N–H and O–H groups in total. The van der Waals surface area contributed by atoms with E-state index in [0.717, 1.165) is 13.1 Å². The van der Waals surface area contributed by atoms with E-state index in [0.29, 0.717) is 26.1 Å². The molecular weight excluding hydrogens is 292 g/mol. The van der Waals surface area contributed by atoms with Crippen molar-refractivity contribution in [1.29, 1.82) is 0 Å². The van der Waals surface area contributed by atoms with E-state index in [4.69, 9.17) is 4.74 Å². The van der Waals surface area contributed by atoms with Crippen molar-refractivity contribution >= 4 is 11.8 Å². The SMILES string of the molecule is CC(C)(C)CC(=O)N1CCOCC1.CN(C)C(=O)CC(C)(C)C. The summed E-state index contributed by atoms with van der Waals surface area (Å²) in [4.78, 5) is 26.3. The van der Waals surface area contributed by atoms with Crippen LogP contribution in [0.25, 0.3) is 0 Å². The van der Waals surface area contributed by atoms with Crippen molar-refractivity contribution in [2.75, 3.05) is 40.4 Å². The number of carbonyl (C=O) groups excluding carboxylic acids is 2. The highest BCUT2D eigenvalue weighted by molar-refractivity contribution is 5.77. The van der Waals surface area contributed by atoms with Crippen LogP contribution in [-0.2, 0) is 14.3 Å². The maximum absolute atomic E-state index is 11.7. The molecule has 0 aliphatic carbocycles. The Kier molecular flexibility index (Phi) is 8.82. The van der Waals surface area contributed by atoms with Gasteiger partial charge < -0.3 is 14.5 Å². The third-order valence-electron chi connectivity index (χ3n) is 3.23. The highest BCUT2D eigenvalue weighted by Gasteiger charge is 2.22. The van der Waals surface area contributed by atoms with Crippen molar-refractivity contribution in [2.24, 2.45) is 10.8 Å². The van der Waals surface area contributed by atoms with Gasteiger partial charge in [0.25, 0.3) is 0 Å². The second-order valence-corrected chi connectivity index (χ2v) is 8.76. The third-order valence-corrected chi connectivity index (χ3v) is 3.23. The van der Waals surface area contributed by atoms with Crippen LogP contribution in [-0.4, -0.2) is 62.0 Å². The van der Waals surface area contributed by atoms with E-state index in [2.05, 4.69) is 41.5 Å². The van der Waals surface area contributed by atoms with Gasteiger partial charge in [0.1, 0.15) is 0 Å². The number of nitrogens with zero attached hydrogens (tertiary/aromatic N) is 2. The van der Waals surface area contributed by atoms with Crippen LogP contribution >= 0.6 is 0 Å². The summed E-state index contributed by atoms with van der Waals surface area (Å²) in [6.07, 6.45) is 1.26. The van der Waals surface area contributed by atoms with E-state index in [1.807, 2.05) is 4.90 Å². The van der Waals surface area contributed by atoms with Crippen LogP contribution in [0.5, 0.6) is 0 Å². The molecule has 0 aromatic carbocycles. The first-order valence-electron chi connectivity index (χ1n) is 8.37. The van der Waals surface area contributed by atoms with Crippen LogP contribution < -0.4 is 0 Å². The lowest BCUT2D eigenvalue weighted by molar-refractivity contribution is -0.137. The van der Waals surface area contributed by atoms with Gasteiger partial charge in [0.15, 0.2) is 0 Å². The predicted molar refractivity (Wildman–Crippen MR) is 94.2 cm³/mol. The molecule has 1 aliphatic heterocycles. The molecule has 23 heavy (non-hydrogen) atoms. The van der Waals surface area contributed by atoms with Gasteiger partial charge in [-0.25, -0.2) is 0 Å². The quantitative estimate of drug-likeness (QED) is 0.783. The van der Waals surface area contributed by atoms with E-state index in [1.165, 1.54) is 0 Å². The molecule has 0 saturated carbocycles. The van der Waals surface area contributed by atoms with Gasteiger partial charge in [-0.3, -0.25) is 9.59 Å². The minimum absolute atomic E-state index is 0.0926. The molecule has 5 nitrogen and oxygen atoms in total. The van der Waals surface area contributed by atoms with Crippen molar-refractivity contribution < 1.29 is 14.3 Å². The first kappa shape index (κ1) is 21.9. The molecule has 1 rings (SSSR count). The predicted octanol–water partition coefficient (Wildman–Crippen LogP) is 2.79. The lowest BCUT2D eigenvalue weighted by Gasteiger charge is -2.29. The lowest BCUT2D eigenvalue weighted by Crippen LogP contribution is -2.41. The molecule has 0 spiro atoms. The summed E-state index contributed by atoms with van der Waals surface area (Å²) in [7, 11) is 3.57. The maximum Gasteiger partial charge on any atom is 0.223 e. The van der Waals surface area contributed by atoms with E-state index < -0.39 is 0 Å². The van der Waals surface area contributed by atoms with Gasteiger partial charge in [0.05, 0.1) is 13.2 Å². The second kappa shape index (κ2) is 9.26. The lowest BCUT2D eigenvalue weighted by atomic mass is 9.91. The van der Waals surface area contributed by atoms with Gasteiger partial charge in [0.2, 0.25) is 11.8 Å². The van der Waals surface area contributed by atoms with Crippen LogP contribution in [0, 0.1) is 10.8 Å². The van der Waals surface area contributed by atoms with Crippen LogP contribution in [0.4, 0.5) is 0 Å². The minimum Gasteiger partial charge on any atom is -0.378 e. The summed E-state index contributed by atoms with van der Waals surface area (Å²) in [6.45, 7) is 15.4. The Balaban J connectivity index is 0.000000438. The zero-order valence-corrected chi connectivity index (χ0v) is 16.4. The van der Waals surface area contributed by atoms with Crippen molar-refractivity contribution in [3.05, 3.63) is 0 Å². The molecule has 1 heterocycles. The Bertz CT molecular complexity index is 373. The Morgan fingerprint density at radius 3 is 1.65 bits per heavy atom. The van der Waals surface area contributed by atoms with Gasteiger partial charge in [-0.05, 0) is 10.8 Å². The molecule has 0 aromatic rings. The molecule has 2 amide bonds. The first-order chi connectivity index (χ1) is 10.3. The minimum atomic E-state index is 0.0926. The monoisotopic (exact) mass is 328 g/mol. The van der Waals surface area contributed by atoms with Gasteiger partial charge in [-0.1, -0.05) is 41.5 Å². The van der Waals surface area contributed by atoms with E-state index in [9.17, 15) is 9.59 Å². The summed E-state index contributed by atoms with van der Waals surface area (Å²) in [5, 5.41) is 0. The van der Waals surface area contributed by atoms with E-state index in [-0.39, 0.29) is 22.6 Å². The molecule has 1 aliphatic rings. The van der Waals surface area contributed by atoms with Crippen molar-refractivity contribution in [2.45, 2.75) is 54.4 Å². The van der Waals surface area contributed by atoms with Gasteiger partial charge >= 0.3 is 0 Å². The molecule has 0 aromatic heterocycles. The largest absolute Gasteiger partial charge is 0.378 e. The fourth-order valence-electron chi connectivity index (χ4n) is 1.99. The topological polar surface area (TPSA) is 49.9 Å². The standard InChI is InChI=1S/C10H19NO2.C8H17NO/c1-10(2,3)8-9(12)11-4-6-13-7-5-11;1-8(2,3)6-7(10)9(4)5/h4-8H2,1-3H3;6H2,1-5H3. The summed E-state index contributed by atoms with van der Waals surface area (Å²) in [5.74, 6) is 0.461. The zero-order chi connectivity index (χ0) is 18.3. The highest BCUT2D eigenvalue weighted by atomic mass is 16.5. The number of morpholine rings is 1. The van der Waals surface area contributed by atoms with Gasteiger partial charge in [0, 0.05) is 40.0 Å². The third kappa shape index (κ3) is 12.0. The highest BCUT2D eigenvalue weighted by Crippen LogP contribution is 2.20. The molecule has 0 bridgehead atoms. The van der Waals surface area contributed by atoms with Crippen LogP contribution in [0.15, 0.2) is 0 Å². The molecule has 1 fully saturated rings. The van der Waals surface area contributed by atoms with Crippen LogP contribution in [0.3, 0.4) is 0 Å². The number of hydrogen-bond donors (Lipinski definition) is 0. The van der Waals surface area contributed by atoms with Crippen molar-refractivity contribution in [3.63, 3.8) is 0 Å². The summed E-state index contributed by atoms with van der Waals surface area (Å²) < 4.78 is 5.19. The fourth-order valence-corrected chi connectivity index (χ4v) is 1.99. The van der Waals surface area contributed by atoms with Crippen molar-refractivity contribution in [1.82, 2.24) is 9.80 Å². The average Bonchev–Trinajstić information content (AvgIpc) is 2.36. The normalized spacial score (nSPS) is 15.6. The van der Waals surface area contributed by atoms with Crippen LogP contribution in [0.1, 0.15) is 54.4 Å². The summed E-state index contributed by atoms with van der Waals surface area (Å²) >= 11 is 0. The molecule has 0 radical (unpaired) electrons. The molecule has 0 atom stereocenters. The average molecular weight is 328 g/mol.